The van der Waals surface area contributed by atoms with Crippen LogP contribution >= 0.6 is 0 Å². The van der Waals surface area contributed by atoms with E-state index in [1.165, 1.54) is 0 Å². The lowest BCUT2D eigenvalue weighted by Crippen LogP contribution is -2.51. The molecule has 150 valence electrons. The average molecular weight is 384 g/mol. The molecule has 4 rings (SSSR count). The Hall–Kier alpha value is -2.45. The summed E-state index contributed by atoms with van der Waals surface area (Å²) in [6, 6.07) is 7.67. The van der Waals surface area contributed by atoms with Crippen molar-refractivity contribution in [3.63, 3.8) is 0 Å². The number of aryl methyl sites for hydroxylation is 1. The van der Waals surface area contributed by atoms with Crippen LogP contribution in [-0.2, 0) is 5.41 Å². The molecule has 3 aromatic rings. The van der Waals surface area contributed by atoms with Gasteiger partial charge in [0.05, 0.1) is 0 Å². The molecule has 28 heavy (non-hydrogen) atoms. The lowest BCUT2D eigenvalue weighted by molar-refractivity contribution is 0.143. The second kappa shape index (κ2) is 7.18. The smallest absolute Gasteiger partial charge is 0.178 e. The fraction of sp³-hybridized carbons (Fsp3) is 0.550. The lowest BCUT2D eigenvalue weighted by atomic mass is 9.96. The van der Waals surface area contributed by atoms with Crippen LogP contribution in [0, 0.1) is 12.8 Å². The molecular formula is C20H28N6O2. The van der Waals surface area contributed by atoms with Gasteiger partial charge in [-0.2, -0.15) is 4.52 Å². The number of fused-ring (bicyclic) bond motifs is 1. The number of furan rings is 1. The van der Waals surface area contributed by atoms with Crippen molar-refractivity contribution in [2.45, 2.75) is 39.2 Å². The van der Waals surface area contributed by atoms with Crippen molar-refractivity contribution in [1.82, 2.24) is 25.1 Å². The van der Waals surface area contributed by atoms with E-state index in [0.29, 0.717) is 18.2 Å². The number of nitrogens with one attached hydrogen (secondary N) is 1. The summed E-state index contributed by atoms with van der Waals surface area (Å²) in [5.41, 5.74) is 0.661. The molecule has 4 heterocycles. The number of rotatable bonds is 6. The van der Waals surface area contributed by atoms with E-state index >= 15 is 0 Å². The summed E-state index contributed by atoms with van der Waals surface area (Å²) in [4.78, 5) is 2.25. The number of hydrogen-bond donors (Lipinski definition) is 2. The predicted molar refractivity (Wildman–Crippen MR) is 106 cm³/mol. The normalized spacial score (nSPS) is 16.5. The van der Waals surface area contributed by atoms with Gasteiger partial charge < -0.3 is 19.7 Å². The first-order valence-electron chi connectivity index (χ1n) is 9.74. The van der Waals surface area contributed by atoms with E-state index in [1.54, 1.807) is 0 Å². The van der Waals surface area contributed by atoms with Gasteiger partial charge in [0.1, 0.15) is 23.4 Å². The fourth-order valence-corrected chi connectivity index (χ4v) is 3.46. The molecule has 1 saturated heterocycles. The molecule has 1 aliphatic heterocycles. The Bertz CT molecular complexity index is 951. The van der Waals surface area contributed by atoms with E-state index in [2.05, 4.69) is 41.2 Å². The van der Waals surface area contributed by atoms with Crippen molar-refractivity contribution in [2.75, 3.05) is 31.1 Å². The van der Waals surface area contributed by atoms with Gasteiger partial charge in [0.2, 0.25) is 0 Å². The average Bonchev–Trinajstić information content (AvgIpc) is 3.21. The van der Waals surface area contributed by atoms with Crippen molar-refractivity contribution >= 4 is 11.5 Å². The molecule has 8 heteroatoms. The van der Waals surface area contributed by atoms with Gasteiger partial charge in [-0.1, -0.05) is 20.8 Å². The van der Waals surface area contributed by atoms with Crippen LogP contribution in [0.25, 0.3) is 5.65 Å². The zero-order valence-electron chi connectivity index (χ0n) is 16.9. The monoisotopic (exact) mass is 384 g/mol. The SMILES string of the molecule is Cc1ccc(C(O)CNCC2CN(c3ccc4nnc(C(C)(C)C)n4n3)C2)o1. The van der Waals surface area contributed by atoms with E-state index in [9.17, 15) is 5.11 Å². The van der Waals surface area contributed by atoms with E-state index < -0.39 is 6.10 Å². The fourth-order valence-electron chi connectivity index (χ4n) is 3.46. The maximum Gasteiger partial charge on any atom is 0.178 e. The second-order valence-electron chi connectivity index (χ2n) is 8.63. The van der Waals surface area contributed by atoms with E-state index in [0.717, 1.165) is 42.7 Å². The Kier molecular flexibility index (Phi) is 4.84. The molecule has 3 aromatic heterocycles. The Morgan fingerprint density at radius 1 is 1.21 bits per heavy atom. The van der Waals surface area contributed by atoms with Crippen LogP contribution < -0.4 is 10.2 Å². The maximum absolute atomic E-state index is 10.1. The third-order valence-electron chi connectivity index (χ3n) is 5.06. The Morgan fingerprint density at radius 3 is 2.68 bits per heavy atom. The van der Waals surface area contributed by atoms with Crippen LogP contribution in [0.1, 0.15) is 44.2 Å². The van der Waals surface area contributed by atoms with Crippen LogP contribution in [-0.4, -0.2) is 51.1 Å². The van der Waals surface area contributed by atoms with Gasteiger partial charge in [-0.25, -0.2) is 0 Å². The molecule has 0 aromatic carbocycles. The predicted octanol–water partition coefficient (Wildman–Crippen LogP) is 2.08. The molecule has 0 spiro atoms. The highest BCUT2D eigenvalue weighted by Crippen LogP contribution is 2.25. The van der Waals surface area contributed by atoms with Crippen LogP contribution in [0.15, 0.2) is 28.7 Å². The van der Waals surface area contributed by atoms with Gasteiger partial charge in [0.25, 0.3) is 0 Å². The Morgan fingerprint density at radius 2 is 2.00 bits per heavy atom. The summed E-state index contributed by atoms with van der Waals surface area (Å²) < 4.78 is 7.31. The molecule has 0 aliphatic carbocycles. The number of anilines is 1. The molecule has 0 bridgehead atoms. The minimum Gasteiger partial charge on any atom is -0.464 e. The Balaban J connectivity index is 1.30. The van der Waals surface area contributed by atoms with Crippen molar-refractivity contribution < 1.29 is 9.52 Å². The van der Waals surface area contributed by atoms with Crippen molar-refractivity contribution in [2.24, 2.45) is 5.92 Å². The number of aliphatic hydroxyl groups is 1. The molecule has 1 aliphatic rings. The zero-order chi connectivity index (χ0) is 19.9. The highest BCUT2D eigenvalue weighted by molar-refractivity contribution is 5.47. The van der Waals surface area contributed by atoms with Crippen LogP contribution in [0.2, 0.25) is 0 Å². The van der Waals surface area contributed by atoms with Crippen molar-refractivity contribution in [3.8, 4) is 0 Å². The van der Waals surface area contributed by atoms with E-state index in [4.69, 9.17) is 9.52 Å². The van der Waals surface area contributed by atoms with Gasteiger partial charge in [0.15, 0.2) is 11.5 Å². The summed E-state index contributed by atoms with van der Waals surface area (Å²) in [6.07, 6.45) is -0.612. The molecule has 1 unspecified atom stereocenters. The zero-order valence-corrected chi connectivity index (χ0v) is 16.9. The van der Waals surface area contributed by atoms with Crippen LogP contribution in [0.5, 0.6) is 0 Å². The molecule has 0 amide bonds. The highest BCUT2D eigenvalue weighted by Gasteiger charge is 2.29. The molecular weight excluding hydrogens is 356 g/mol. The largest absolute Gasteiger partial charge is 0.464 e. The number of nitrogens with zero attached hydrogens (tertiary/aromatic N) is 5. The molecule has 0 saturated carbocycles. The number of aromatic nitrogens is 4. The minimum atomic E-state index is -0.612. The second-order valence-corrected chi connectivity index (χ2v) is 8.63. The van der Waals surface area contributed by atoms with Gasteiger partial charge in [-0.3, -0.25) is 0 Å². The third kappa shape index (κ3) is 3.74. The molecule has 2 N–H and O–H groups in total. The summed E-state index contributed by atoms with van der Waals surface area (Å²) in [5, 5.41) is 26.8. The van der Waals surface area contributed by atoms with E-state index in [1.807, 2.05) is 35.7 Å². The van der Waals surface area contributed by atoms with Gasteiger partial charge in [-0.15, -0.1) is 15.3 Å². The number of hydrogen-bond acceptors (Lipinski definition) is 7. The first-order valence-corrected chi connectivity index (χ1v) is 9.74. The summed E-state index contributed by atoms with van der Waals surface area (Å²) >= 11 is 0. The first-order chi connectivity index (χ1) is 13.3. The summed E-state index contributed by atoms with van der Waals surface area (Å²) in [6.45, 7) is 11.4. The first kappa shape index (κ1) is 18.9. The third-order valence-corrected chi connectivity index (χ3v) is 5.06. The van der Waals surface area contributed by atoms with Crippen LogP contribution in [0.4, 0.5) is 5.82 Å². The minimum absolute atomic E-state index is 0.111. The summed E-state index contributed by atoms with van der Waals surface area (Å²) in [5.74, 6) is 3.77. The summed E-state index contributed by atoms with van der Waals surface area (Å²) in [7, 11) is 0. The standard InChI is InChI=1S/C20H28N6O2/c1-13-5-6-16(28-13)15(27)10-21-9-14-11-25(12-14)18-8-7-17-22-23-19(20(2,3)4)26(17)24-18/h5-8,14-15,21,27H,9-12H2,1-4H3. The maximum atomic E-state index is 10.1. The molecule has 1 atom stereocenters. The lowest BCUT2D eigenvalue weighted by Gasteiger charge is -2.40. The molecule has 0 radical (unpaired) electrons. The van der Waals surface area contributed by atoms with E-state index in [-0.39, 0.29) is 5.41 Å². The number of aliphatic hydroxyl groups excluding tert-OH is 1. The molecule has 1 fully saturated rings. The van der Waals surface area contributed by atoms with Crippen molar-refractivity contribution in [3.05, 3.63) is 41.6 Å². The van der Waals surface area contributed by atoms with Gasteiger partial charge in [-0.05, 0) is 31.2 Å². The van der Waals surface area contributed by atoms with Gasteiger partial charge in [0, 0.05) is 37.5 Å². The molecule has 8 nitrogen and oxygen atoms in total. The van der Waals surface area contributed by atoms with Crippen LogP contribution in [0.3, 0.4) is 0 Å². The topological polar surface area (TPSA) is 91.7 Å². The van der Waals surface area contributed by atoms with Gasteiger partial charge >= 0.3 is 0 Å². The highest BCUT2D eigenvalue weighted by atomic mass is 16.4. The Labute approximate surface area is 164 Å². The van der Waals surface area contributed by atoms with Crippen molar-refractivity contribution in [1.29, 1.82) is 0 Å². The quantitative estimate of drug-likeness (QED) is 0.672.